The van der Waals surface area contributed by atoms with Crippen LogP contribution in [0.1, 0.15) is 51.6 Å². The number of anilines is 1. The predicted molar refractivity (Wildman–Crippen MR) is 160 cm³/mol. The van der Waals surface area contributed by atoms with E-state index in [1.807, 2.05) is 11.0 Å². The maximum Gasteiger partial charge on any atom is 0.241 e. The van der Waals surface area contributed by atoms with Gasteiger partial charge in [0.15, 0.2) is 0 Å². The highest BCUT2D eigenvalue weighted by atomic mass is 35.5. The van der Waals surface area contributed by atoms with Crippen molar-refractivity contribution < 1.29 is 13.9 Å². The molecule has 3 aliphatic rings. The molecule has 0 aliphatic carbocycles. The van der Waals surface area contributed by atoms with Crippen molar-refractivity contribution in [2.24, 2.45) is 0 Å². The summed E-state index contributed by atoms with van der Waals surface area (Å²) in [6.07, 6.45) is 0.538. The Hall–Kier alpha value is -1.88. The molecule has 222 valence electrons. The van der Waals surface area contributed by atoms with E-state index in [9.17, 15) is 9.18 Å². The lowest BCUT2D eigenvalue weighted by Crippen LogP contribution is -2.63. The van der Waals surface area contributed by atoms with Crippen LogP contribution in [0.15, 0.2) is 30.3 Å². The average Bonchev–Trinajstić information content (AvgIpc) is 3.14. The van der Waals surface area contributed by atoms with Gasteiger partial charge in [-0.2, -0.15) is 10.2 Å². The quantitative estimate of drug-likeness (QED) is 0.547. The van der Waals surface area contributed by atoms with Crippen molar-refractivity contribution in [3.05, 3.63) is 53.1 Å². The SMILES string of the molecule is C[C@@H]1CN(CC(=O)N2CC(C)(C)c3nnc(Cc4ccc(F)cc4)cc32)[C@@H](CN2[C@H](C)COC[C@H]2C)CN1.Cl.Cl. The third-order valence-electron chi connectivity index (χ3n) is 8.25. The zero-order valence-electron chi connectivity index (χ0n) is 24.1. The van der Waals surface area contributed by atoms with Crippen LogP contribution in [0.4, 0.5) is 10.1 Å². The molecule has 11 heteroatoms. The van der Waals surface area contributed by atoms with Crippen molar-refractivity contribution in [3.63, 3.8) is 0 Å². The molecule has 0 bridgehead atoms. The van der Waals surface area contributed by atoms with Crippen molar-refractivity contribution in [1.82, 2.24) is 25.3 Å². The van der Waals surface area contributed by atoms with Gasteiger partial charge in [-0.3, -0.25) is 14.6 Å². The van der Waals surface area contributed by atoms with E-state index in [0.29, 0.717) is 37.6 Å². The van der Waals surface area contributed by atoms with Gasteiger partial charge in [0.05, 0.1) is 36.8 Å². The van der Waals surface area contributed by atoms with Crippen LogP contribution in [0, 0.1) is 5.82 Å². The number of carbonyl (C=O) groups is 1. The lowest BCUT2D eigenvalue weighted by Gasteiger charge is -2.46. The normalized spacial score (nSPS) is 26.5. The van der Waals surface area contributed by atoms with E-state index in [0.717, 1.165) is 55.5 Å². The summed E-state index contributed by atoms with van der Waals surface area (Å²) in [6.45, 7) is 15.9. The number of amides is 1. The van der Waals surface area contributed by atoms with Crippen LogP contribution < -0.4 is 10.2 Å². The molecule has 0 saturated carbocycles. The summed E-state index contributed by atoms with van der Waals surface area (Å²) in [5.41, 5.74) is 3.16. The summed E-state index contributed by atoms with van der Waals surface area (Å²) in [6, 6.07) is 9.73. The van der Waals surface area contributed by atoms with Crippen molar-refractivity contribution in [1.29, 1.82) is 0 Å². The Balaban J connectivity index is 0.00000220. The summed E-state index contributed by atoms with van der Waals surface area (Å²) >= 11 is 0. The summed E-state index contributed by atoms with van der Waals surface area (Å²) < 4.78 is 19.1. The van der Waals surface area contributed by atoms with Gasteiger partial charge >= 0.3 is 0 Å². The first-order chi connectivity index (χ1) is 18.1. The number of halogens is 3. The number of aromatic nitrogens is 2. The van der Waals surface area contributed by atoms with Crippen LogP contribution in [0.25, 0.3) is 0 Å². The fourth-order valence-corrected chi connectivity index (χ4v) is 6.09. The lowest BCUT2D eigenvalue weighted by molar-refractivity contribution is -0.121. The molecule has 3 aliphatic heterocycles. The molecular weight excluding hydrogens is 554 g/mol. The summed E-state index contributed by atoms with van der Waals surface area (Å²) in [5, 5.41) is 12.6. The number of nitrogens with one attached hydrogen (secondary N) is 1. The van der Waals surface area contributed by atoms with E-state index in [-0.39, 0.29) is 48.0 Å². The fraction of sp³-hybridized carbons (Fsp3) is 0.621. The van der Waals surface area contributed by atoms with Gasteiger partial charge in [-0.15, -0.1) is 24.8 Å². The number of nitrogens with zero attached hydrogens (tertiary/aromatic N) is 5. The van der Waals surface area contributed by atoms with Crippen molar-refractivity contribution in [2.75, 3.05) is 50.8 Å². The van der Waals surface area contributed by atoms with E-state index < -0.39 is 0 Å². The highest BCUT2D eigenvalue weighted by Crippen LogP contribution is 2.39. The Kier molecular flexibility index (Phi) is 10.9. The third kappa shape index (κ3) is 7.12. The first-order valence-corrected chi connectivity index (χ1v) is 13.8. The van der Waals surface area contributed by atoms with E-state index in [4.69, 9.17) is 4.74 Å². The largest absolute Gasteiger partial charge is 0.378 e. The molecule has 2 fully saturated rings. The number of benzene rings is 1. The molecule has 2 aromatic rings. The van der Waals surface area contributed by atoms with E-state index >= 15 is 0 Å². The van der Waals surface area contributed by atoms with Crippen molar-refractivity contribution >= 4 is 36.4 Å². The maximum absolute atomic E-state index is 13.9. The highest BCUT2D eigenvalue weighted by Gasteiger charge is 2.41. The molecule has 4 heterocycles. The molecule has 1 amide bonds. The maximum atomic E-state index is 13.9. The number of rotatable bonds is 6. The number of piperazine rings is 1. The Morgan fingerprint density at radius 2 is 1.77 bits per heavy atom. The standard InChI is InChI=1S/C29H41FN6O2.2ClH/c1-19-13-34(25(12-31-19)14-35-20(2)16-38-17-21(35)3)15-27(37)36-18-29(4,5)28-26(36)11-24(32-33-28)10-22-6-8-23(30)9-7-22;;/h6-9,11,19-21,25,31H,10,12-18H2,1-5H3;2*1H/t19-,20-,21-,25-;;/m1../s1. The van der Waals surface area contributed by atoms with E-state index in [1.165, 1.54) is 12.1 Å². The van der Waals surface area contributed by atoms with Crippen LogP contribution in [-0.2, 0) is 21.4 Å². The Morgan fingerprint density at radius 1 is 1.10 bits per heavy atom. The molecule has 1 aromatic carbocycles. The number of morpholine rings is 1. The monoisotopic (exact) mass is 596 g/mol. The van der Waals surface area contributed by atoms with Gasteiger partial charge in [0.25, 0.3) is 0 Å². The van der Waals surface area contributed by atoms with Crippen LogP contribution in [-0.4, -0.2) is 96.0 Å². The minimum Gasteiger partial charge on any atom is -0.378 e. The third-order valence-corrected chi connectivity index (χ3v) is 8.25. The van der Waals surface area contributed by atoms with Gasteiger partial charge in [0.1, 0.15) is 5.82 Å². The second kappa shape index (κ2) is 13.4. The topological polar surface area (TPSA) is 73.8 Å². The minimum absolute atomic E-state index is 0. The molecule has 4 atom stereocenters. The average molecular weight is 598 g/mol. The molecule has 0 unspecified atom stereocenters. The zero-order chi connectivity index (χ0) is 27.0. The van der Waals surface area contributed by atoms with Gasteiger partial charge in [-0.05, 0) is 44.5 Å². The second-order valence-corrected chi connectivity index (χ2v) is 12.1. The molecule has 0 spiro atoms. The molecule has 1 N–H and O–H groups in total. The van der Waals surface area contributed by atoms with Crippen LogP contribution >= 0.6 is 24.8 Å². The Labute approximate surface area is 249 Å². The molecular formula is C29H43Cl2FN6O2. The Morgan fingerprint density at radius 3 is 2.45 bits per heavy atom. The van der Waals surface area contributed by atoms with Crippen molar-refractivity contribution in [3.8, 4) is 0 Å². The fourth-order valence-electron chi connectivity index (χ4n) is 6.09. The Bertz CT molecular complexity index is 1140. The molecule has 40 heavy (non-hydrogen) atoms. The van der Waals surface area contributed by atoms with Crippen LogP contribution in [0.2, 0.25) is 0 Å². The van der Waals surface area contributed by atoms with E-state index in [1.54, 1.807) is 12.1 Å². The number of ether oxygens (including phenoxy) is 1. The van der Waals surface area contributed by atoms with E-state index in [2.05, 4.69) is 59.9 Å². The molecule has 8 nitrogen and oxygen atoms in total. The highest BCUT2D eigenvalue weighted by molar-refractivity contribution is 5.97. The molecule has 1 aromatic heterocycles. The molecule has 5 rings (SSSR count). The number of hydrogen-bond acceptors (Lipinski definition) is 7. The lowest BCUT2D eigenvalue weighted by atomic mass is 9.91. The van der Waals surface area contributed by atoms with Gasteiger partial charge in [0.2, 0.25) is 5.91 Å². The summed E-state index contributed by atoms with van der Waals surface area (Å²) in [5.74, 6) is -0.162. The first-order valence-electron chi connectivity index (χ1n) is 13.8. The van der Waals surface area contributed by atoms with Gasteiger partial charge in [-0.1, -0.05) is 26.0 Å². The zero-order valence-corrected chi connectivity index (χ0v) is 25.7. The minimum atomic E-state index is -0.277. The first kappa shape index (κ1) is 32.6. The second-order valence-electron chi connectivity index (χ2n) is 12.1. The van der Waals surface area contributed by atoms with Crippen molar-refractivity contribution in [2.45, 2.75) is 70.6 Å². The molecule has 2 saturated heterocycles. The van der Waals surface area contributed by atoms with Gasteiger partial charge < -0.3 is 15.0 Å². The summed E-state index contributed by atoms with van der Waals surface area (Å²) in [7, 11) is 0. The summed E-state index contributed by atoms with van der Waals surface area (Å²) in [4.78, 5) is 20.7. The number of fused-ring (bicyclic) bond motifs is 1. The van der Waals surface area contributed by atoms with Gasteiger partial charge in [0, 0.05) is 62.2 Å². The number of carbonyl (C=O) groups excluding carboxylic acids is 1. The van der Waals surface area contributed by atoms with Crippen LogP contribution in [0.5, 0.6) is 0 Å². The molecule has 0 radical (unpaired) electrons. The van der Waals surface area contributed by atoms with Gasteiger partial charge in [-0.25, -0.2) is 4.39 Å². The smallest absolute Gasteiger partial charge is 0.241 e. The number of hydrogen-bond donors (Lipinski definition) is 1. The predicted octanol–water partition coefficient (Wildman–Crippen LogP) is 3.45. The van der Waals surface area contributed by atoms with Crippen LogP contribution in [0.3, 0.4) is 0 Å².